The molecule has 4 rings (SSSR count). The van der Waals surface area contributed by atoms with Crippen LogP contribution >= 0.6 is 0 Å². The third-order valence-corrected chi connectivity index (χ3v) is 4.96. The normalized spacial score (nSPS) is 10.8. The number of benzene rings is 3. The summed E-state index contributed by atoms with van der Waals surface area (Å²) in [7, 11) is 0. The zero-order valence-electron chi connectivity index (χ0n) is 17.1. The molecule has 0 unspecified atom stereocenters. The molecule has 2 amide bonds. The fourth-order valence-electron chi connectivity index (χ4n) is 3.48. The van der Waals surface area contributed by atoms with E-state index in [1.807, 2.05) is 50.2 Å². The molecule has 3 aromatic carbocycles. The highest BCUT2D eigenvalue weighted by Crippen LogP contribution is 2.18. The van der Waals surface area contributed by atoms with Crippen molar-refractivity contribution in [2.24, 2.45) is 0 Å². The lowest BCUT2D eigenvalue weighted by Gasteiger charge is -2.13. The fraction of sp³-hybridized carbons (Fsp3) is 0.125. The van der Waals surface area contributed by atoms with Gasteiger partial charge in [-0.1, -0.05) is 29.8 Å². The number of fused-ring (bicyclic) bond motifs is 1. The van der Waals surface area contributed by atoms with Crippen LogP contribution in [-0.4, -0.2) is 15.6 Å². The summed E-state index contributed by atoms with van der Waals surface area (Å²) in [6.07, 6.45) is 0. The third-order valence-electron chi connectivity index (χ3n) is 4.96. The van der Waals surface area contributed by atoms with Crippen LogP contribution in [0.25, 0.3) is 16.6 Å². The highest BCUT2D eigenvalue weighted by atomic mass is 16.2. The Morgan fingerprint density at radius 2 is 1.63 bits per heavy atom. The molecule has 6 nitrogen and oxygen atoms in total. The minimum Gasteiger partial charge on any atom is -0.308 e. The van der Waals surface area contributed by atoms with Gasteiger partial charge in [0.05, 0.1) is 16.6 Å². The molecule has 0 spiro atoms. The zero-order valence-corrected chi connectivity index (χ0v) is 17.1. The Kier molecular flexibility index (Phi) is 5.06. The van der Waals surface area contributed by atoms with E-state index < -0.39 is 0 Å². The van der Waals surface area contributed by atoms with E-state index in [1.54, 1.807) is 41.8 Å². The molecule has 30 heavy (non-hydrogen) atoms. The SMILES string of the molecule is Cc1ccc(NC(=O)Nc2ccc(-n3c(C)nc4ccccc4c3=O)cc2)c(C)c1. The van der Waals surface area contributed by atoms with Gasteiger partial charge in [-0.05, 0) is 68.8 Å². The molecule has 150 valence electrons. The first kappa shape index (κ1) is 19.4. The monoisotopic (exact) mass is 398 g/mol. The maximum Gasteiger partial charge on any atom is 0.323 e. The van der Waals surface area contributed by atoms with E-state index in [9.17, 15) is 9.59 Å². The van der Waals surface area contributed by atoms with E-state index in [4.69, 9.17) is 0 Å². The Balaban J connectivity index is 1.55. The predicted molar refractivity (Wildman–Crippen MR) is 121 cm³/mol. The summed E-state index contributed by atoms with van der Waals surface area (Å²) in [6, 6.07) is 19.9. The van der Waals surface area contributed by atoms with Gasteiger partial charge in [-0.3, -0.25) is 9.36 Å². The van der Waals surface area contributed by atoms with Crippen LogP contribution in [0.5, 0.6) is 0 Å². The van der Waals surface area contributed by atoms with Gasteiger partial charge in [0.25, 0.3) is 5.56 Å². The van der Waals surface area contributed by atoms with Crippen molar-refractivity contribution in [1.82, 2.24) is 9.55 Å². The molecular formula is C24H22N4O2. The number of aromatic nitrogens is 2. The molecule has 1 aromatic heterocycles. The molecule has 6 heteroatoms. The Bertz CT molecular complexity index is 1310. The molecular weight excluding hydrogens is 376 g/mol. The predicted octanol–water partition coefficient (Wildman–Crippen LogP) is 4.95. The Labute approximate surface area is 174 Å². The number of anilines is 2. The molecule has 4 aromatic rings. The topological polar surface area (TPSA) is 76.0 Å². The smallest absolute Gasteiger partial charge is 0.308 e. The number of carbonyl (C=O) groups excluding carboxylic acids is 1. The van der Waals surface area contributed by atoms with Crippen molar-refractivity contribution < 1.29 is 4.79 Å². The maximum absolute atomic E-state index is 12.9. The molecule has 0 aliphatic heterocycles. The van der Waals surface area contributed by atoms with Crippen molar-refractivity contribution in [1.29, 1.82) is 0 Å². The van der Waals surface area contributed by atoms with Crippen molar-refractivity contribution in [2.45, 2.75) is 20.8 Å². The summed E-state index contributed by atoms with van der Waals surface area (Å²) in [5.41, 5.74) is 4.78. The highest BCUT2D eigenvalue weighted by molar-refractivity contribution is 6.00. The van der Waals surface area contributed by atoms with Crippen LogP contribution in [0.4, 0.5) is 16.2 Å². The number of urea groups is 1. The summed E-state index contributed by atoms with van der Waals surface area (Å²) in [4.78, 5) is 29.8. The molecule has 0 fully saturated rings. The standard InChI is InChI=1S/C24H22N4O2/c1-15-8-13-21(16(2)14-15)27-24(30)26-18-9-11-19(12-10-18)28-17(3)25-22-7-5-4-6-20(22)23(28)29/h4-14H,1-3H3,(H2,26,27,30). The summed E-state index contributed by atoms with van der Waals surface area (Å²) >= 11 is 0. The van der Waals surface area contributed by atoms with Gasteiger partial charge in [-0.25, -0.2) is 9.78 Å². The van der Waals surface area contributed by atoms with Gasteiger partial charge in [-0.15, -0.1) is 0 Å². The Hall–Kier alpha value is -3.93. The first-order valence-corrected chi connectivity index (χ1v) is 9.66. The van der Waals surface area contributed by atoms with E-state index in [1.165, 1.54) is 0 Å². The highest BCUT2D eigenvalue weighted by Gasteiger charge is 2.10. The molecule has 0 bridgehead atoms. The van der Waals surface area contributed by atoms with Gasteiger partial charge in [0.2, 0.25) is 0 Å². The lowest BCUT2D eigenvalue weighted by molar-refractivity contribution is 0.262. The van der Waals surface area contributed by atoms with Crippen LogP contribution in [-0.2, 0) is 0 Å². The summed E-state index contributed by atoms with van der Waals surface area (Å²) in [5, 5.41) is 6.24. The minimum atomic E-state index is -0.324. The third kappa shape index (κ3) is 3.80. The molecule has 0 radical (unpaired) electrons. The quantitative estimate of drug-likeness (QED) is 0.512. The average molecular weight is 398 g/mol. The minimum absolute atomic E-state index is 0.119. The number of hydrogen-bond acceptors (Lipinski definition) is 3. The number of amides is 2. The van der Waals surface area contributed by atoms with E-state index >= 15 is 0 Å². The summed E-state index contributed by atoms with van der Waals surface area (Å²) < 4.78 is 1.57. The number of rotatable bonds is 3. The van der Waals surface area contributed by atoms with Crippen molar-refractivity contribution in [2.75, 3.05) is 10.6 Å². The van der Waals surface area contributed by atoms with Gasteiger partial charge < -0.3 is 10.6 Å². The molecule has 0 aliphatic rings. The van der Waals surface area contributed by atoms with E-state index in [-0.39, 0.29) is 11.6 Å². The number of aryl methyl sites for hydroxylation is 3. The van der Waals surface area contributed by atoms with Crippen molar-refractivity contribution in [3.8, 4) is 5.69 Å². The lowest BCUT2D eigenvalue weighted by atomic mass is 10.1. The largest absolute Gasteiger partial charge is 0.323 e. The number of hydrogen-bond donors (Lipinski definition) is 2. The summed E-state index contributed by atoms with van der Waals surface area (Å²) in [6.45, 7) is 5.77. The van der Waals surface area contributed by atoms with Crippen LogP contribution < -0.4 is 16.2 Å². The number of nitrogens with zero attached hydrogens (tertiary/aromatic N) is 2. The Morgan fingerprint density at radius 1 is 0.900 bits per heavy atom. The fourth-order valence-corrected chi connectivity index (χ4v) is 3.48. The van der Waals surface area contributed by atoms with E-state index in [0.717, 1.165) is 16.8 Å². The second-order valence-electron chi connectivity index (χ2n) is 7.26. The molecule has 0 atom stereocenters. The molecule has 0 saturated carbocycles. The molecule has 2 N–H and O–H groups in total. The zero-order chi connectivity index (χ0) is 21.3. The van der Waals surface area contributed by atoms with Gasteiger partial charge in [0.1, 0.15) is 5.82 Å². The molecule has 0 aliphatic carbocycles. The van der Waals surface area contributed by atoms with E-state index in [0.29, 0.717) is 28.1 Å². The molecule has 0 saturated heterocycles. The number of carbonyl (C=O) groups is 1. The first-order chi connectivity index (χ1) is 14.4. The van der Waals surface area contributed by atoms with Gasteiger partial charge in [0.15, 0.2) is 0 Å². The van der Waals surface area contributed by atoms with Crippen LogP contribution in [0.3, 0.4) is 0 Å². The van der Waals surface area contributed by atoms with Crippen molar-refractivity contribution in [3.63, 3.8) is 0 Å². The van der Waals surface area contributed by atoms with Crippen molar-refractivity contribution in [3.05, 3.63) is 94.0 Å². The number of para-hydroxylation sites is 1. The van der Waals surface area contributed by atoms with E-state index in [2.05, 4.69) is 15.6 Å². The van der Waals surface area contributed by atoms with Crippen LogP contribution in [0.15, 0.2) is 71.5 Å². The second kappa shape index (κ2) is 7.83. The molecule has 1 heterocycles. The second-order valence-corrected chi connectivity index (χ2v) is 7.26. The van der Waals surface area contributed by atoms with Crippen LogP contribution in [0, 0.1) is 20.8 Å². The first-order valence-electron chi connectivity index (χ1n) is 9.66. The average Bonchev–Trinajstić information content (AvgIpc) is 2.71. The Morgan fingerprint density at radius 3 is 2.37 bits per heavy atom. The van der Waals surface area contributed by atoms with Crippen LogP contribution in [0.1, 0.15) is 17.0 Å². The van der Waals surface area contributed by atoms with Gasteiger partial charge in [0, 0.05) is 11.4 Å². The summed E-state index contributed by atoms with van der Waals surface area (Å²) in [5.74, 6) is 0.604. The van der Waals surface area contributed by atoms with Gasteiger partial charge >= 0.3 is 6.03 Å². The van der Waals surface area contributed by atoms with Gasteiger partial charge in [-0.2, -0.15) is 0 Å². The lowest BCUT2D eigenvalue weighted by Crippen LogP contribution is -2.22. The van der Waals surface area contributed by atoms with Crippen LogP contribution in [0.2, 0.25) is 0 Å². The van der Waals surface area contributed by atoms with Crippen molar-refractivity contribution >= 4 is 28.3 Å². The maximum atomic E-state index is 12.9. The number of nitrogens with one attached hydrogen (secondary N) is 2.